The summed E-state index contributed by atoms with van der Waals surface area (Å²) in [5.74, 6) is 0.994. The lowest BCUT2D eigenvalue weighted by Crippen LogP contribution is -1.88. The molecule has 1 aromatic rings. The van der Waals surface area contributed by atoms with Gasteiger partial charge in [0.1, 0.15) is 5.76 Å². The van der Waals surface area contributed by atoms with Gasteiger partial charge in [0.05, 0.1) is 6.61 Å². The number of hydrogen-bond acceptors (Lipinski definition) is 1. The van der Waals surface area contributed by atoms with Crippen LogP contribution in [0, 0.1) is 6.42 Å². The first kappa shape index (κ1) is 7.41. The first-order chi connectivity index (χ1) is 5.92. The molecule has 0 saturated heterocycles. The summed E-state index contributed by atoms with van der Waals surface area (Å²) >= 11 is 0. The van der Waals surface area contributed by atoms with E-state index >= 15 is 0 Å². The lowest BCUT2D eigenvalue weighted by Gasteiger charge is -2.05. The quantitative estimate of drug-likeness (QED) is 0.644. The van der Waals surface area contributed by atoms with Crippen LogP contribution in [0.2, 0.25) is 0 Å². The molecular weight excluding hydrogens is 148 g/mol. The van der Waals surface area contributed by atoms with E-state index in [0.29, 0.717) is 0 Å². The molecule has 1 aliphatic carbocycles. The Labute approximate surface area is 72.7 Å². The summed E-state index contributed by atoms with van der Waals surface area (Å²) in [6.07, 6.45) is 4.11. The summed E-state index contributed by atoms with van der Waals surface area (Å²) in [5, 5.41) is 0. The van der Waals surface area contributed by atoms with Gasteiger partial charge in [-0.05, 0) is 18.6 Å². The zero-order valence-electron chi connectivity index (χ0n) is 7.08. The van der Waals surface area contributed by atoms with Crippen LogP contribution in [0.4, 0.5) is 0 Å². The largest absolute Gasteiger partial charge is 0.494 e. The number of benzene rings is 1. The van der Waals surface area contributed by atoms with Gasteiger partial charge in [0.2, 0.25) is 0 Å². The molecule has 61 valence electrons. The van der Waals surface area contributed by atoms with Gasteiger partial charge in [0, 0.05) is 12.0 Å². The van der Waals surface area contributed by atoms with Crippen molar-refractivity contribution >= 4 is 5.76 Å². The van der Waals surface area contributed by atoms with E-state index in [1.165, 1.54) is 11.1 Å². The maximum absolute atomic E-state index is 5.46. The van der Waals surface area contributed by atoms with Crippen molar-refractivity contribution in [2.45, 2.75) is 6.92 Å². The highest BCUT2D eigenvalue weighted by molar-refractivity contribution is 5.72. The molecule has 0 aromatic heterocycles. The van der Waals surface area contributed by atoms with Crippen LogP contribution in [0.3, 0.4) is 0 Å². The summed E-state index contributed by atoms with van der Waals surface area (Å²) in [6, 6.07) is 8.25. The summed E-state index contributed by atoms with van der Waals surface area (Å²) < 4.78 is 5.46. The number of fused-ring (bicyclic) bond motifs is 1. The summed E-state index contributed by atoms with van der Waals surface area (Å²) in [6.45, 7) is 2.73. The van der Waals surface area contributed by atoms with E-state index in [-0.39, 0.29) is 0 Å². The minimum Gasteiger partial charge on any atom is -0.494 e. The Kier molecular flexibility index (Phi) is 1.86. The molecule has 0 atom stereocenters. The third kappa shape index (κ3) is 1.11. The van der Waals surface area contributed by atoms with E-state index in [1.54, 1.807) is 0 Å². The second-order valence-electron chi connectivity index (χ2n) is 2.72. The van der Waals surface area contributed by atoms with Crippen LogP contribution in [0.5, 0.6) is 0 Å². The van der Waals surface area contributed by atoms with Crippen molar-refractivity contribution in [2.75, 3.05) is 6.61 Å². The van der Waals surface area contributed by atoms with E-state index in [2.05, 4.69) is 18.6 Å². The fourth-order valence-electron chi connectivity index (χ4n) is 1.40. The molecule has 0 bridgehead atoms. The number of hydrogen-bond donors (Lipinski definition) is 0. The van der Waals surface area contributed by atoms with E-state index in [0.717, 1.165) is 12.4 Å². The Balaban J connectivity index is 2.32. The van der Waals surface area contributed by atoms with Crippen molar-refractivity contribution in [3.05, 3.63) is 47.9 Å². The molecule has 12 heavy (non-hydrogen) atoms. The second kappa shape index (κ2) is 3.02. The predicted octanol–water partition coefficient (Wildman–Crippen LogP) is 2.63. The van der Waals surface area contributed by atoms with E-state index in [9.17, 15) is 0 Å². The molecule has 0 unspecified atom stereocenters. The molecule has 0 N–H and O–H groups in total. The average molecular weight is 159 g/mol. The fraction of sp³-hybridized carbons (Fsp3) is 0.182. The van der Waals surface area contributed by atoms with Crippen molar-refractivity contribution < 1.29 is 4.74 Å². The summed E-state index contributed by atoms with van der Waals surface area (Å²) in [7, 11) is 0. The maximum atomic E-state index is 5.46. The molecule has 1 radical (unpaired) electrons. The molecule has 1 heteroatoms. The van der Waals surface area contributed by atoms with Crippen LogP contribution < -0.4 is 0 Å². The van der Waals surface area contributed by atoms with Gasteiger partial charge in [-0.25, -0.2) is 0 Å². The maximum Gasteiger partial charge on any atom is 0.123 e. The molecule has 0 spiro atoms. The topological polar surface area (TPSA) is 9.23 Å². The molecule has 0 fully saturated rings. The number of ether oxygens (including phenoxy) is 1. The highest BCUT2D eigenvalue weighted by atomic mass is 16.5. The Morgan fingerprint density at radius 3 is 2.92 bits per heavy atom. The number of allylic oxidation sites excluding steroid dienone is 1. The van der Waals surface area contributed by atoms with Crippen LogP contribution in [-0.4, -0.2) is 6.61 Å². The van der Waals surface area contributed by atoms with Gasteiger partial charge in [-0.15, -0.1) is 0 Å². The molecule has 0 heterocycles. The molecule has 1 nitrogen and oxygen atoms in total. The second-order valence-corrected chi connectivity index (χ2v) is 2.72. The minimum atomic E-state index is 0.730. The normalized spacial score (nSPS) is 13.9. The molecule has 1 aliphatic rings. The predicted molar refractivity (Wildman–Crippen MR) is 49.4 cm³/mol. The van der Waals surface area contributed by atoms with Crippen LogP contribution >= 0.6 is 0 Å². The van der Waals surface area contributed by atoms with Crippen molar-refractivity contribution in [2.24, 2.45) is 0 Å². The average Bonchev–Trinajstić information content (AvgIpc) is 2.50. The Bertz CT molecular complexity index is 313. The van der Waals surface area contributed by atoms with E-state index < -0.39 is 0 Å². The molecule has 0 amide bonds. The Morgan fingerprint density at radius 2 is 2.08 bits per heavy atom. The van der Waals surface area contributed by atoms with Crippen LogP contribution in [0.1, 0.15) is 18.1 Å². The van der Waals surface area contributed by atoms with Crippen LogP contribution in [0.15, 0.2) is 30.3 Å². The van der Waals surface area contributed by atoms with Gasteiger partial charge >= 0.3 is 0 Å². The highest BCUT2D eigenvalue weighted by Crippen LogP contribution is 2.28. The van der Waals surface area contributed by atoms with Gasteiger partial charge in [0.15, 0.2) is 0 Å². The van der Waals surface area contributed by atoms with Gasteiger partial charge in [0.25, 0.3) is 0 Å². The molecule has 0 aliphatic heterocycles. The fourth-order valence-corrected chi connectivity index (χ4v) is 1.40. The van der Waals surface area contributed by atoms with Gasteiger partial charge < -0.3 is 4.74 Å². The van der Waals surface area contributed by atoms with E-state index in [1.807, 2.05) is 25.1 Å². The third-order valence-corrected chi connectivity index (χ3v) is 1.94. The first-order valence-electron chi connectivity index (χ1n) is 4.19. The number of rotatable bonds is 2. The zero-order chi connectivity index (χ0) is 8.39. The third-order valence-electron chi connectivity index (χ3n) is 1.94. The highest BCUT2D eigenvalue weighted by Gasteiger charge is 2.13. The summed E-state index contributed by atoms with van der Waals surface area (Å²) in [5.41, 5.74) is 2.46. The van der Waals surface area contributed by atoms with Crippen molar-refractivity contribution in [1.29, 1.82) is 0 Å². The van der Waals surface area contributed by atoms with Gasteiger partial charge in [-0.3, -0.25) is 0 Å². The lowest BCUT2D eigenvalue weighted by molar-refractivity contribution is 0.299. The molecular formula is C11H11O. The van der Waals surface area contributed by atoms with Gasteiger partial charge in [-0.2, -0.15) is 0 Å². The first-order valence-corrected chi connectivity index (χ1v) is 4.19. The van der Waals surface area contributed by atoms with Crippen LogP contribution in [-0.2, 0) is 4.74 Å². The molecule has 2 rings (SSSR count). The zero-order valence-corrected chi connectivity index (χ0v) is 7.08. The van der Waals surface area contributed by atoms with Crippen molar-refractivity contribution in [3.8, 4) is 0 Å². The lowest BCUT2D eigenvalue weighted by atomic mass is 10.1. The van der Waals surface area contributed by atoms with Crippen molar-refractivity contribution in [1.82, 2.24) is 0 Å². The van der Waals surface area contributed by atoms with Gasteiger partial charge in [-0.1, -0.05) is 24.3 Å². The smallest absolute Gasteiger partial charge is 0.123 e. The standard InChI is InChI=1S/C11H11O/c1-2-12-11-8-7-9-5-3-4-6-10(9)11/h3-8H,2H2,1H3. The van der Waals surface area contributed by atoms with Crippen molar-refractivity contribution in [3.63, 3.8) is 0 Å². The Hall–Kier alpha value is -1.24. The molecule has 0 saturated carbocycles. The minimum absolute atomic E-state index is 0.730. The summed E-state index contributed by atoms with van der Waals surface area (Å²) in [4.78, 5) is 0. The Morgan fingerprint density at radius 1 is 1.25 bits per heavy atom. The SMILES string of the molecule is CCOC1=C[CH]c2ccccc21. The molecule has 1 aromatic carbocycles. The van der Waals surface area contributed by atoms with E-state index in [4.69, 9.17) is 4.74 Å². The van der Waals surface area contributed by atoms with Crippen LogP contribution in [0.25, 0.3) is 5.76 Å². The monoisotopic (exact) mass is 159 g/mol.